The predicted octanol–water partition coefficient (Wildman–Crippen LogP) is 7.15. The number of unbranched alkanes of at least 4 members (excludes halogenated alkanes) is 6. The maximum absolute atomic E-state index is 11.8. The molecule has 0 rings (SSSR count). The highest BCUT2D eigenvalue weighted by molar-refractivity contribution is 9.09. The fourth-order valence-electron chi connectivity index (χ4n) is 2.72. The summed E-state index contributed by atoms with van der Waals surface area (Å²) in [5.74, 6) is 0.178. The van der Waals surface area contributed by atoms with Crippen LogP contribution in [-0.2, 0) is 14.3 Å². The van der Waals surface area contributed by atoms with Crippen molar-refractivity contribution in [2.45, 2.75) is 96.8 Å². The van der Waals surface area contributed by atoms with Crippen molar-refractivity contribution >= 4 is 50.3 Å². The van der Waals surface area contributed by atoms with Crippen molar-refractivity contribution in [2.24, 2.45) is 11.8 Å². The van der Waals surface area contributed by atoms with E-state index in [1.807, 2.05) is 6.92 Å². The summed E-state index contributed by atoms with van der Waals surface area (Å²) < 4.78 is 11.4. The van der Waals surface area contributed by atoms with E-state index in [9.17, 15) is 4.79 Å². The van der Waals surface area contributed by atoms with Crippen LogP contribution < -0.4 is 0 Å². The molecule has 0 aliphatic heterocycles. The molecule has 0 heterocycles. The van der Waals surface area contributed by atoms with E-state index in [1.54, 1.807) is 11.8 Å². The lowest BCUT2D eigenvalue weighted by Crippen LogP contribution is -2.22. The lowest BCUT2D eigenvalue weighted by atomic mass is 10.0. The third-order valence-electron chi connectivity index (χ3n) is 4.86. The van der Waals surface area contributed by atoms with Crippen LogP contribution in [0.15, 0.2) is 0 Å². The Morgan fingerprint density at radius 3 is 2.07 bits per heavy atom. The molecule has 0 radical (unpaired) electrons. The molecule has 0 aromatic carbocycles. The van der Waals surface area contributed by atoms with Crippen molar-refractivity contribution in [1.29, 1.82) is 0 Å². The van der Waals surface area contributed by atoms with Gasteiger partial charge in [0, 0.05) is 10.6 Å². The minimum Gasteiger partial charge on any atom is -0.475 e. The molecule has 0 aliphatic carbocycles. The number of hydrogen-bond donors (Lipinski definition) is 0. The largest absolute Gasteiger partial charge is 0.475 e. The SMILES string of the molecule is COC(=O)C(C)CC(CCCCCCCCCBr)SC(=S)OC(C)C(C)C. The maximum atomic E-state index is 11.8. The second kappa shape index (κ2) is 17.1. The summed E-state index contributed by atoms with van der Waals surface area (Å²) in [6.07, 6.45) is 10.9. The smallest absolute Gasteiger partial charge is 0.308 e. The monoisotopic (exact) mass is 482 g/mol. The van der Waals surface area contributed by atoms with Crippen LogP contribution in [0.25, 0.3) is 0 Å². The van der Waals surface area contributed by atoms with Gasteiger partial charge in [-0.2, -0.15) is 0 Å². The number of thiocarbonyl (C=S) groups is 1. The predicted molar refractivity (Wildman–Crippen MR) is 126 cm³/mol. The highest BCUT2D eigenvalue weighted by Crippen LogP contribution is 2.28. The van der Waals surface area contributed by atoms with Crippen molar-refractivity contribution in [1.82, 2.24) is 0 Å². The number of carbonyl (C=O) groups is 1. The zero-order valence-electron chi connectivity index (χ0n) is 17.8. The fraction of sp³-hybridized carbons (Fsp3) is 0.905. The van der Waals surface area contributed by atoms with Crippen molar-refractivity contribution in [3.05, 3.63) is 0 Å². The molecule has 6 heteroatoms. The average Bonchev–Trinajstić information content (AvgIpc) is 2.62. The number of carbonyl (C=O) groups excluding carboxylic acids is 1. The number of rotatable bonds is 15. The molecule has 0 amide bonds. The quantitative estimate of drug-likeness (QED) is 0.107. The minimum absolute atomic E-state index is 0.109. The number of esters is 1. The Bertz CT molecular complexity index is 405. The van der Waals surface area contributed by atoms with E-state index in [0.29, 0.717) is 15.6 Å². The maximum Gasteiger partial charge on any atom is 0.308 e. The molecule has 0 fully saturated rings. The van der Waals surface area contributed by atoms with Gasteiger partial charge < -0.3 is 9.47 Å². The van der Waals surface area contributed by atoms with Gasteiger partial charge in [0.2, 0.25) is 4.38 Å². The molecule has 0 saturated carbocycles. The van der Waals surface area contributed by atoms with Crippen molar-refractivity contribution < 1.29 is 14.3 Å². The van der Waals surface area contributed by atoms with Crippen LogP contribution in [0.3, 0.4) is 0 Å². The summed E-state index contributed by atoms with van der Waals surface area (Å²) in [7, 11) is 1.45. The van der Waals surface area contributed by atoms with E-state index in [-0.39, 0.29) is 18.0 Å². The Hall–Kier alpha value is 0.190. The molecule has 0 aromatic heterocycles. The van der Waals surface area contributed by atoms with Gasteiger partial charge in [-0.25, -0.2) is 0 Å². The molecule has 0 saturated heterocycles. The molecule has 0 aliphatic rings. The van der Waals surface area contributed by atoms with Crippen LogP contribution in [0.2, 0.25) is 0 Å². The number of ether oxygens (including phenoxy) is 2. The van der Waals surface area contributed by atoms with E-state index < -0.39 is 0 Å². The summed E-state index contributed by atoms with van der Waals surface area (Å²) in [4.78, 5) is 11.8. The van der Waals surface area contributed by atoms with Gasteiger partial charge in [0.25, 0.3) is 0 Å². The van der Waals surface area contributed by atoms with Crippen molar-refractivity contribution in [3.8, 4) is 0 Å². The molecule has 3 atom stereocenters. The molecule has 160 valence electrons. The van der Waals surface area contributed by atoms with Gasteiger partial charge in [0.05, 0.1) is 19.1 Å². The van der Waals surface area contributed by atoms with Crippen LogP contribution in [0.1, 0.15) is 85.5 Å². The van der Waals surface area contributed by atoms with Crippen LogP contribution in [0, 0.1) is 11.8 Å². The second-order valence-electron chi connectivity index (χ2n) is 7.67. The molecule has 0 N–H and O–H groups in total. The molecular formula is C21H39BrO3S2. The third-order valence-corrected chi connectivity index (χ3v) is 6.86. The van der Waals surface area contributed by atoms with Crippen LogP contribution in [-0.4, -0.2) is 34.1 Å². The van der Waals surface area contributed by atoms with Gasteiger partial charge >= 0.3 is 5.97 Å². The summed E-state index contributed by atoms with van der Waals surface area (Å²) in [5, 5.41) is 1.42. The summed E-state index contributed by atoms with van der Waals surface area (Å²) in [6, 6.07) is 0. The van der Waals surface area contributed by atoms with Crippen LogP contribution >= 0.6 is 39.9 Å². The third kappa shape index (κ3) is 14.8. The Balaban J connectivity index is 4.36. The zero-order valence-corrected chi connectivity index (χ0v) is 21.0. The van der Waals surface area contributed by atoms with Gasteiger partial charge in [0.15, 0.2) is 0 Å². The van der Waals surface area contributed by atoms with Gasteiger partial charge in [-0.05, 0) is 44.3 Å². The van der Waals surface area contributed by atoms with Crippen molar-refractivity contribution in [2.75, 3.05) is 12.4 Å². The first kappa shape index (κ1) is 27.2. The molecule has 0 bridgehead atoms. The molecule has 27 heavy (non-hydrogen) atoms. The topological polar surface area (TPSA) is 35.5 Å². The number of alkyl halides is 1. The minimum atomic E-state index is -0.144. The van der Waals surface area contributed by atoms with Gasteiger partial charge in [-0.3, -0.25) is 4.79 Å². The highest BCUT2D eigenvalue weighted by Gasteiger charge is 2.22. The first-order valence-corrected chi connectivity index (χ1v) is 12.7. The average molecular weight is 484 g/mol. The van der Waals surface area contributed by atoms with Crippen molar-refractivity contribution in [3.63, 3.8) is 0 Å². The first-order chi connectivity index (χ1) is 12.8. The standard InChI is InChI=1S/C21H39BrO3S2/c1-16(2)18(4)25-21(26)27-19(15-17(3)20(23)24-5)13-11-9-7-6-8-10-12-14-22/h16-19H,6-15H2,1-5H3. The summed E-state index contributed by atoms with van der Waals surface area (Å²) in [5.41, 5.74) is 0. The molecule has 0 aromatic rings. The molecule has 3 unspecified atom stereocenters. The second-order valence-corrected chi connectivity index (χ2v) is 10.4. The van der Waals surface area contributed by atoms with Gasteiger partial charge in [0.1, 0.15) is 0 Å². The van der Waals surface area contributed by atoms with E-state index in [2.05, 4.69) is 36.7 Å². The summed E-state index contributed by atoms with van der Waals surface area (Å²) in [6.45, 7) is 8.25. The Labute approximate surface area is 185 Å². The Morgan fingerprint density at radius 2 is 1.56 bits per heavy atom. The fourth-order valence-corrected chi connectivity index (χ4v) is 4.82. The number of methoxy groups -OCH3 is 1. The Kier molecular flexibility index (Phi) is 17.2. The lowest BCUT2D eigenvalue weighted by molar-refractivity contribution is -0.145. The molecular weight excluding hydrogens is 444 g/mol. The first-order valence-electron chi connectivity index (χ1n) is 10.3. The number of hydrogen-bond acceptors (Lipinski definition) is 5. The highest BCUT2D eigenvalue weighted by atomic mass is 79.9. The van der Waals surface area contributed by atoms with E-state index in [0.717, 1.165) is 18.2 Å². The summed E-state index contributed by atoms with van der Waals surface area (Å²) >= 11 is 10.6. The van der Waals surface area contributed by atoms with E-state index in [1.165, 1.54) is 52.1 Å². The van der Waals surface area contributed by atoms with E-state index in [4.69, 9.17) is 21.7 Å². The number of thioether (sulfide) groups is 1. The lowest BCUT2D eigenvalue weighted by Gasteiger charge is -2.23. The normalized spacial score (nSPS) is 14.6. The zero-order chi connectivity index (χ0) is 20.7. The van der Waals surface area contributed by atoms with Gasteiger partial charge in [-0.15, -0.1) is 0 Å². The van der Waals surface area contributed by atoms with Crippen LogP contribution in [0.5, 0.6) is 0 Å². The molecule has 3 nitrogen and oxygen atoms in total. The molecule has 0 spiro atoms. The van der Waals surface area contributed by atoms with E-state index >= 15 is 0 Å². The number of halogens is 1. The van der Waals surface area contributed by atoms with Gasteiger partial charge in [-0.1, -0.05) is 87.0 Å². The van der Waals surface area contributed by atoms with Crippen LogP contribution in [0.4, 0.5) is 0 Å². The Morgan fingerprint density at radius 1 is 1.00 bits per heavy atom.